The normalized spacial score (nSPS) is 10.0. The molecule has 1 N–H and O–H groups in total. The molecule has 0 saturated heterocycles. The van der Waals surface area contributed by atoms with Crippen LogP contribution in [0.15, 0.2) is 0 Å². The van der Waals surface area contributed by atoms with Gasteiger partial charge in [0.2, 0.25) is 0 Å². The SMILES string of the molecule is [Cu].[O-][I+3]([O-])([O-])O. The predicted molar refractivity (Wildman–Crippen MR) is 2.22 cm³/mol. The molecule has 0 aliphatic heterocycles. The predicted octanol–water partition coefficient (Wildman–Crippen LogP) is -7.12. The van der Waals surface area contributed by atoms with Crippen LogP contribution in [0.1, 0.15) is 0 Å². The molecule has 0 aromatic heterocycles. The maximum Gasteiger partial charge on any atom is 0.368 e. The summed E-state index contributed by atoms with van der Waals surface area (Å²) in [4.78, 5) is 0. The van der Waals surface area contributed by atoms with Gasteiger partial charge in [0, 0.05) is 20.5 Å². The van der Waals surface area contributed by atoms with E-state index in [1.165, 1.54) is 0 Å². The van der Waals surface area contributed by atoms with E-state index < -0.39 is 20.1 Å². The maximum absolute atomic E-state index is 8.73. The van der Waals surface area contributed by atoms with Crippen LogP contribution in [-0.2, 0) is 17.1 Å². The van der Waals surface area contributed by atoms with Crippen LogP contribution in [-0.4, -0.2) is 3.44 Å². The van der Waals surface area contributed by atoms with Gasteiger partial charge in [-0.3, -0.25) is 10.3 Å². The molecule has 0 atom stereocenters. The maximum atomic E-state index is 8.73. The van der Waals surface area contributed by atoms with Crippen LogP contribution in [0.3, 0.4) is 0 Å². The van der Waals surface area contributed by atoms with E-state index in [2.05, 4.69) is 0 Å². The summed E-state index contributed by atoms with van der Waals surface area (Å²) in [6.45, 7) is 0. The van der Waals surface area contributed by atoms with Crippen molar-refractivity contribution in [1.82, 2.24) is 0 Å². The first kappa shape index (κ1) is 10.1. The van der Waals surface area contributed by atoms with Crippen molar-refractivity contribution >= 4 is 0 Å². The van der Waals surface area contributed by atoms with Gasteiger partial charge in [-0.1, -0.05) is 0 Å². The summed E-state index contributed by atoms with van der Waals surface area (Å²) in [5.74, 6) is 0. The first-order valence-electron chi connectivity index (χ1n) is 0.632. The molecule has 0 spiro atoms. The molecule has 0 amide bonds. The molecule has 0 unspecified atom stereocenters. The van der Waals surface area contributed by atoms with Crippen molar-refractivity contribution in [3.63, 3.8) is 0 Å². The number of hydrogen-bond acceptors (Lipinski definition) is 4. The van der Waals surface area contributed by atoms with Gasteiger partial charge in [-0.05, 0) is 0 Å². The minimum Gasteiger partial charge on any atom is -0.256 e. The molecule has 6 heteroatoms. The topological polar surface area (TPSA) is 89.4 Å². The van der Waals surface area contributed by atoms with E-state index in [0.29, 0.717) is 0 Å². The fourth-order valence-corrected chi connectivity index (χ4v) is 0. The quantitative estimate of drug-likeness (QED) is 0.344. The molecule has 0 aliphatic rings. The minimum absolute atomic E-state index is 0. The Morgan fingerprint density at radius 3 is 1.17 bits per heavy atom. The van der Waals surface area contributed by atoms with E-state index in [-0.39, 0.29) is 17.1 Å². The summed E-state index contributed by atoms with van der Waals surface area (Å²) in [5, 5.41) is 0. The van der Waals surface area contributed by atoms with Gasteiger partial charge < -0.3 is 0 Å². The van der Waals surface area contributed by atoms with Crippen molar-refractivity contribution in [2.24, 2.45) is 0 Å². The zero-order valence-electron chi connectivity index (χ0n) is 2.35. The van der Waals surface area contributed by atoms with E-state index >= 15 is 0 Å². The van der Waals surface area contributed by atoms with Crippen LogP contribution in [0.4, 0.5) is 0 Å². The molecule has 0 rings (SSSR count). The van der Waals surface area contributed by atoms with Crippen LogP contribution in [0, 0.1) is 0 Å². The van der Waals surface area contributed by atoms with Crippen LogP contribution in [0.2, 0.25) is 0 Å². The molecule has 0 aromatic carbocycles. The van der Waals surface area contributed by atoms with E-state index in [4.69, 9.17) is 13.7 Å². The van der Waals surface area contributed by atoms with Crippen molar-refractivity contribution in [2.45, 2.75) is 0 Å². The van der Waals surface area contributed by atoms with E-state index in [0.717, 1.165) is 0 Å². The van der Waals surface area contributed by atoms with Crippen molar-refractivity contribution in [3.8, 4) is 0 Å². The largest absolute Gasteiger partial charge is 0.368 e. The Balaban J connectivity index is 0. The average molecular weight is 255 g/mol. The number of rotatable bonds is 0. The monoisotopic (exact) mass is 255 g/mol. The fraction of sp³-hybridized carbons (Fsp3) is 0. The second kappa shape index (κ2) is 3.14. The van der Waals surface area contributed by atoms with E-state index in [1.54, 1.807) is 0 Å². The second-order valence-electron chi connectivity index (χ2n) is 0.396. The minimum atomic E-state index is -5.69. The summed E-state index contributed by atoms with van der Waals surface area (Å²) in [7, 11) is 0. The van der Waals surface area contributed by atoms with Gasteiger partial charge in [0.1, 0.15) is 0 Å². The molecule has 4 nitrogen and oxygen atoms in total. The van der Waals surface area contributed by atoms with Gasteiger partial charge in [-0.25, -0.2) is 0 Å². The Morgan fingerprint density at radius 2 is 1.17 bits per heavy atom. The molecular weight excluding hydrogens is 254 g/mol. The van der Waals surface area contributed by atoms with Crippen LogP contribution >= 0.6 is 0 Å². The molecule has 0 heterocycles. The fourth-order valence-electron chi connectivity index (χ4n) is 0. The zero-order chi connectivity index (χ0) is 4.50. The van der Waals surface area contributed by atoms with Gasteiger partial charge in [-0.15, -0.1) is 0 Å². The molecule has 0 bridgehead atoms. The van der Waals surface area contributed by atoms with E-state index in [9.17, 15) is 0 Å². The van der Waals surface area contributed by atoms with Crippen molar-refractivity contribution < 1.29 is 50.9 Å². The third kappa shape index (κ3) is 71.7. The summed E-state index contributed by atoms with van der Waals surface area (Å²) in [5.41, 5.74) is 0. The molecule has 0 fully saturated rings. The summed E-state index contributed by atoms with van der Waals surface area (Å²) < 4.78 is 33.2. The third-order valence-corrected chi connectivity index (χ3v) is 0. The van der Waals surface area contributed by atoms with E-state index in [1.807, 2.05) is 0 Å². The molecule has 0 aromatic rings. The summed E-state index contributed by atoms with van der Waals surface area (Å²) in [6, 6.07) is 0. The Kier molecular flexibility index (Phi) is 5.31. The summed E-state index contributed by atoms with van der Waals surface area (Å²) >= 11 is -5.69. The van der Waals surface area contributed by atoms with Gasteiger partial charge in [-0.2, -0.15) is 0 Å². The Bertz CT molecular complexity index is 23.0. The standard InChI is InChI=1S/Cu.HIO4/c;2-1(3,4)5/h;2H. The van der Waals surface area contributed by atoms with Gasteiger partial charge in [0.15, 0.2) is 0 Å². The van der Waals surface area contributed by atoms with Crippen LogP contribution in [0.5, 0.6) is 0 Å². The number of hydrogen-bond donors (Lipinski definition) is 1. The second-order valence-corrected chi connectivity index (χ2v) is 2.66. The molecule has 0 saturated carbocycles. The average Bonchev–Trinajstić information content (AvgIpc) is 0.722. The smallest absolute Gasteiger partial charge is 0.256 e. The third-order valence-electron chi connectivity index (χ3n) is 0. The van der Waals surface area contributed by atoms with Crippen molar-refractivity contribution in [3.05, 3.63) is 0 Å². The molecule has 6 heavy (non-hydrogen) atoms. The summed E-state index contributed by atoms with van der Waals surface area (Å²) in [6.07, 6.45) is 0. The van der Waals surface area contributed by atoms with Crippen molar-refractivity contribution in [2.75, 3.05) is 0 Å². The molecule has 1 radical (unpaired) electrons. The molecular formula is HCuIO4. The first-order valence-corrected chi connectivity index (χ1v) is 4.24. The van der Waals surface area contributed by atoms with Gasteiger partial charge >= 0.3 is 20.1 Å². The Hall–Kier alpha value is 1.09. The van der Waals surface area contributed by atoms with Gasteiger partial charge in [0.05, 0.1) is 0 Å². The van der Waals surface area contributed by atoms with Gasteiger partial charge in [0.25, 0.3) is 0 Å². The zero-order valence-corrected chi connectivity index (χ0v) is 5.45. The Labute approximate surface area is 51.0 Å². The first-order chi connectivity index (χ1) is 2.00. The van der Waals surface area contributed by atoms with Crippen molar-refractivity contribution in [1.29, 1.82) is 0 Å². The number of halogens is 1. The Morgan fingerprint density at radius 1 is 1.17 bits per heavy atom. The van der Waals surface area contributed by atoms with Crippen LogP contribution < -0.4 is 30.4 Å². The molecule has 0 aliphatic carbocycles. The van der Waals surface area contributed by atoms with Crippen LogP contribution in [0.25, 0.3) is 0 Å². The molecule has 43 valence electrons.